The zero-order valence-corrected chi connectivity index (χ0v) is 13.6. The SMILES string of the molecule is O=C1NC2(CCCCCCC2)C(=O)N1CC(O)c1cccc(F)c1. The number of benzene rings is 1. The Morgan fingerprint density at radius 2 is 1.83 bits per heavy atom. The van der Waals surface area contributed by atoms with Gasteiger partial charge in [-0.1, -0.05) is 44.2 Å². The second-order valence-corrected chi connectivity index (χ2v) is 6.77. The molecule has 3 rings (SSSR count). The average molecular weight is 334 g/mol. The normalized spacial score (nSPS) is 22.2. The predicted molar refractivity (Wildman–Crippen MR) is 86.7 cm³/mol. The molecule has 1 aliphatic heterocycles. The van der Waals surface area contributed by atoms with Crippen molar-refractivity contribution < 1.29 is 19.1 Å². The van der Waals surface area contributed by atoms with E-state index in [-0.39, 0.29) is 12.5 Å². The minimum Gasteiger partial charge on any atom is -0.387 e. The van der Waals surface area contributed by atoms with Crippen LogP contribution < -0.4 is 5.32 Å². The van der Waals surface area contributed by atoms with E-state index >= 15 is 0 Å². The van der Waals surface area contributed by atoms with Crippen molar-refractivity contribution in [1.29, 1.82) is 0 Å². The Morgan fingerprint density at radius 3 is 2.50 bits per heavy atom. The second-order valence-electron chi connectivity index (χ2n) is 6.77. The van der Waals surface area contributed by atoms with Crippen LogP contribution in [0.5, 0.6) is 0 Å². The Labute approximate surface area is 140 Å². The molecule has 1 atom stereocenters. The summed E-state index contributed by atoms with van der Waals surface area (Å²) in [5.41, 5.74) is -0.465. The Hall–Kier alpha value is -1.95. The summed E-state index contributed by atoms with van der Waals surface area (Å²) in [7, 11) is 0. The number of nitrogens with zero attached hydrogens (tertiary/aromatic N) is 1. The summed E-state index contributed by atoms with van der Waals surface area (Å²) >= 11 is 0. The number of β-amino-alcohol motifs (C(OH)–C–C–N with tert-alkyl or cyclic N) is 1. The van der Waals surface area contributed by atoms with Crippen LogP contribution in [0.25, 0.3) is 0 Å². The molecule has 5 nitrogen and oxygen atoms in total. The summed E-state index contributed by atoms with van der Waals surface area (Å²) in [6, 6.07) is 5.12. The van der Waals surface area contributed by atoms with E-state index in [4.69, 9.17) is 0 Å². The third-order valence-electron chi connectivity index (χ3n) is 5.04. The van der Waals surface area contributed by atoms with Gasteiger partial charge in [-0.15, -0.1) is 0 Å². The fourth-order valence-corrected chi connectivity index (χ4v) is 3.68. The molecule has 1 saturated carbocycles. The molecule has 1 aliphatic carbocycles. The van der Waals surface area contributed by atoms with Crippen LogP contribution in [0.15, 0.2) is 24.3 Å². The lowest BCUT2D eigenvalue weighted by Crippen LogP contribution is -2.47. The van der Waals surface area contributed by atoms with E-state index < -0.39 is 23.5 Å². The molecule has 0 aromatic heterocycles. The van der Waals surface area contributed by atoms with Crippen molar-refractivity contribution in [2.24, 2.45) is 0 Å². The third-order valence-corrected chi connectivity index (χ3v) is 5.04. The van der Waals surface area contributed by atoms with Crippen LogP contribution in [0.4, 0.5) is 9.18 Å². The lowest BCUT2D eigenvalue weighted by Gasteiger charge is -2.28. The van der Waals surface area contributed by atoms with Gasteiger partial charge < -0.3 is 10.4 Å². The van der Waals surface area contributed by atoms with Crippen molar-refractivity contribution >= 4 is 11.9 Å². The molecular weight excluding hydrogens is 311 g/mol. The molecule has 1 spiro atoms. The smallest absolute Gasteiger partial charge is 0.325 e. The van der Waals surface area contributed by atoms with Crippen molar-refractivity contribution in [2.45, 2.75) is 56.6 Å². The summed E-state index contributed by atoms with van der Waals surface area (Å²) in [6.07, 6.45) is 5.31. The first-order chi connectivity index (χ1) is 11.5. The fourth-order valence-electron chi connectivity index (χ4n) is 3.68. The molecule has 6 heteroatoms. The largest absolute Gasteiger partial charge is 0.387 e. The van der Waals surface area contributed by atoms with Gasteiger partial charge in [-0.25, -0.2) is 9.18 Å². The van der Waals surface area contributed by atoms with Crippen molar-refractivity contribution in [3.05, 3.63) is 35.6 Å². The van der Waals surface area contributed by atoms with Gasteiger partial charge in [0.1, 0.15) is 11.4 Å². The number of hydrogen-bond donors (Lipinski definition) is 2. The molecule has 2 fully saturated rings. The van der Waals surface area contributed by atoms with Gasteiger partial charge >= 0.3 is 6.03 Å². The Kier molecular flexibility index (Phi) is 4.85. The van der Waals surface area contributed by atoms with E-state index in [1.807, 2.05) is 0 Å². The van der Waals surface area contributed by atoms with Crippen LogP contribution in [0.2, 0.25) is 0 Å². The number of aliphatic hydroxyl groups is 1. The maximum Gasteiger partial charge on any atom is 0.325 e. The second kappa shape index (κ2) is 6.89. The molecule has 130 valence electrons. The molecule has 0 bridgehead atoms. The molecule has 3 amide bonds. The predicted octanol–water partition coefficient (Wildman–Crippen LogP) is 2.89. The fraction of sp³-hybridized carbons (Fsp3) is 0.556. The topological polar surface area (TPSA) is 69.6 Å². The summed E-state index contributed by atoms with van der Waals surface area (Å²) in [6.45, 7) is -0.157. The number of hydrogen-bond acceptors (Lipinski definition) is 3. The van der Waals surface area contributed by atoms with Crippen LogP contribution in [0, 0.1) is 5.82 Å². The molecule has 1 unspecified atom stereocenters. The van der Waals surface area contributed by atoms with E-state index in [1.165, 1.54) is 24.6 Å². The molecular formula is C18H23FN2O3. The molecule has 1 aromatic carbocycles. The standard InChI is InChI=1S/C18H23FN2O3/c19-14-8-6-7-13(11-14)15(22)12-21-16(23)18(20-17(21)24)9-4-2-1-3-5-10-18/h6-8,11,15,22H,1-5,9-10,12H2,(H,20,24). The lowest BCUT2D eigenvalue weighted by atomic mass is 9.84. The number of urea groups is 1. The highest BCUT2D eigenvalue weighted by Gasteiger charge is 2.50. The van der Waals surface area contributed by atoms with Crippen LogP contribution >= 0.6 is 0 Å². The van der Waals surface area contributed by atoms with Crippen molar-refractivity contribution in [3.63, 3.8) is 0 Å². The summed E-state index contributed by atoms with van der Waals surface area (Å²) < 4.78 is 13.3. The minimum absolute atomic E-state index is 0.157. The highest BCUT2D eigenvalue weighted by molar-refractivity contribution is 6.07. The van der Waals surface area contributed by atoms with E-state index in [0.717, 1.165) is 30.6 Å². The first-order valence-corrected chi connectivity index (χ1v) is 8.59. The van der Waals surface area contributed by atoms with Crippen molar-refractivity contribution in [2.75, 3.05) is 6.54 Å². The van der Waals surface area contributed by atoms with Gasteiger partial charge in [0.05, 0.1) is 12.6 Å². The van der Waals surface area contributed by atoms with Crippen LogP contribution in [0.3, 0.4) is 0 Å². The van der Waals surface area contributed by atoms with Gasteiger partial charge in [0, 0.05) is 0 Å². The molecule has 24 heavy (non-hydrogen) atoms. The van der Waals surface area contributed by atoms with Gasteiger partial charge in [-0.05, 0) is 30.5 Å². The highest BCUT2D eigenvalue weighted by Crippen LogP contribution is 2.33. The van der Waals surface area contributed by atoms with Crippen LogP contribution in [-0.4, -0.2) is 34.0 Å². The average Bonchev–Trinajstić information content (AvgIpc) is 2.76. The van der Waals surface area contributed by atoms with Crippen molar-refractivity contribution in [3.8, 4) is 0 Å². The summed E-state index contributed by atoms with van der Waals surface area (Å²) in [5.74, 6) is -0.718. The van der Waals surface area contributed by atoms with E-state index in [9.17, 15) is 19.1 Å². The molecule has 2 aliphatic rings. The molecule has 1 saturated heterocycles. The number of carbonyl (C=O) groups excluding carboxylic acids is 2. The molecule has 0 radical (unpaired) electrons. The number of amides is 3. The maximum atomic E-state index is 13.3. The van der Waals surface area contributed by atoms with Gasteiger partial charge in [0.15, 0.2) is 0 Å². The Bertz CT molecular complexity index is 626. The number of nitrogens with one attached hydrogen (secondary N) is 1. The zero-order valence-electron chi connectivity index (χ0n) is 13.6. The van der Waals surface area contributed by atoms with Crippen LogP contribution in [-0.2, 0) is 4.79 Å². The van der Waals surface area contributed by atoms with Gasteiger partial charge in [-0.3, -0.25) is 9.69 Å². The first-order valence-electron chi connectivity index (χ1n) is 8.59. The van der Waals surface area contributed by atoms with E-state index in [2.05, 4.69) is 5.32 Å². The maximum absolute atomic E-state index is 13.3. The highest BCUT2D eigenvalue weighted by atomic mass is 19.1. The molecule has 2 N–H and O–H groups in total. The third kappa shape index (κ3) is 3.29. The minimum atomic E-state index is -1.10. The number of halogens is 1. The van der Waals surface area contributed by atoms with Gasteiger partial charge in [-0.2, -0.15) is 0 Å². The summed E-state index contributed by atoms with van der Waals surface area (Å²) in [5, 5.41) is 13.1. The van der Waals surface area contributed by atoms with E-state index in [1.54, 1.807) is 6.07 Å². The quantitative estimate of drug-likeness (QED) is 0.835. The van der Waals surface area contributed by atoms with E-state index in [0.29, 0.717) is 18.4 Å². The summed E-state index contributed by atoms with van der Waals surface area (Å²) in [4.78, 5) is 26.2. The Morgan fingerprint density at radius 1 is 1.17 bits per heavy atom. The molecule has 1 aromatic rings. The lowest BCUT2D eigenvalue weighted by molar-refractivity contribution is -0.133. The van der Waals surface area contributed by atoms with Crippen LogP contribution in [0.1, 0.15) is 56.6 Å². The number of rotatable bonds is 3. The Balaban J connectivity index is 1.74. The zero-order chi connectivity index (χ0) is 17.2. The number of aliphatic hydroxyl groups excluding tert-OH is 1. The first kappa shape index (κ1) is 16.9. The molecule has 1 heterocycles. The van der Waals surface area contributed by atoms with Crippen molar-refractivity contribution in [1.82, 2.24) is 10.2 Å². The van der Waals surface area contributed by atoms with Gasteiger partial charge in [0.2, 0.25) is 0 Å². The number of carbonyl (C=O) groups is 2. The monoisotopic (exact) mass is 334 g/mol. The number of imide groups is 1. The van der Waals surface area contributed by atoms with Gasteiger partial charge in [0.25, 0.3) is 5.91 Å².